The third-order valence-electron chi connectivity index (χ3n) is 3.87. The van der Waals surface area contributed by atoms with Crippen molar-refractivity contribution in [3.8, 4) is 17.2 Å². The number of hydrogen-bond donors (Lipinski definition) is 1. The summed E-state index contributed by atoms with van der Waals surface area (Å²) >= 11 is 5.59. The number of methoxy groups -OCH3 is 3. The lowest BCUT2D eigenvalue weighted by Gasteiger charge is -2.12. The van der Waals surface area contributed by atoms with Crippen molar-refractivity contribution in [3.63, 3.8) is 0 Å². The van der Waals surface area contributed by atoms with E-state index in [1.165, 1.54) is 20.4 Å². The molecule has 0 saturated heterocycles. The summed E-state index contributed by atoms with van der Waals surface area (Å²) in [5.74, 6) is 1.27. The van der Waals surface area contributed by atoms with Crippen molar-refractivity contribution in [1.29, 1.82) is 0 Å². The van der Waals surface area contributed by atoms with Gasteiger partial charge in [0.2, 0.25) is 0 Å². The van der Waals surface area contributed by atoms with E-state index < -0.39 is 5.91 Å². The zero-order valence-corrected chi connectivity index (χ0v) is 19.0. The second kappa shape index (κ2) is 8.82. The number of carbonyl (C=O) groups excluding carboxylic acids is 1. The molecule has 0 aliphatic carbocycles. The first-order valence-electron chi connectivity index (χ1n) is 7.98. The van der Waals surface area contributed by atoms with Crippen LogP contribution in [0, 0.1) is 3.57 Å². The molecule has 1 heterocycles. The van der Waals surface area contributed by atoms with E-state index in [-0.39, 0.29) is 5.76 Å². The molecule has 0 saturated carbocycles. The van der Waals surface area contributed by atoms with Crippen molar-refractivity contribution < 1.29 is 23.4 Å². The van der Waals surface area contributed by atoms with E-state index in [0.29, 0.717) is 28.4 Å². The molecule has 0 unspecified atom stereocenters. The van der Waals surface area contributed by atoms with Crippen LogP contribution in [0.25, 0.3) is 11.0 Å². The largest absolute Gasteiger partial charge is 0.496 e. The molecule has 1 N–H and O–H groups in total. The highest BCUT2D eigenvalue weighted by Gasteiger charge is 2.15. The molecule has 3 rings (SSSR count). The van der Waals surface area contributed by atoms with Crippen LogP contribution in [0.1, 0.15) is 16.1 Å². The lowest BCUT2D eigenvalue weighted by atomic mass is 10.2. The van der Waals surface area contributed by atoms with Crippen LogP contribution in [0.15, 0.2) is 44.3 Å². The fraction of sp³-hybridized carbons (Fsp3) is 0.158. The van der Waals surface area contributed by atoms with E-state index in [0.717, 1.165) is 13.4 Å². The fourth-order valence-corrected chi connectivity index (χ4v) is 4.22. The Balaban J connectivity index is 1.83. The van der Waals surface area contributed by atoms with Gasteiger partial charge in [-0.1, -0.05) is 15.9 Å². The Morgan fingerprint density at radius 1 is 1.11 bits per heavy atom. The van der Waals surface area contributed by atoms with Gasteiger partial charge in [-0.25, -0.2) is 5.43 Å². The molecule has 0 fully saturated rings. The third kappa shape index (κ3) is 4.25. The summed E-state index contributed by atoms with van der Waals surface area (Å²) in [5.41, 5.74) is 3.67. The minimum atomic E-state index is -0.467. The molecule has 7 nitrogen and oxygen atoms in total. The SMILES string of the molecule is COc1cc(OC)c(/C=N\NC(=O)c2cc3cc(Br)cc(I)c3o2)c(OC)c1. The highest BCUT2D eigenvalue weighted by atomic mass is 127. The number of ether oxygens (including phenoxy) is 3. The number of hydrogen-bond acceptors (Lipinski definition) is 6. The molecule has 0 radical (unpaired) electrons. The number of hydrazone groups is 1. The van der Waals surface area contributed by atoms with Crippen molar-refractivity contribution in [2.75, 3.05) is 21.3 Å². The molecular formula is C19H16BrIN2O5. The number of amides is 1. The average Bonchev–Trinajstić information content (AvgIpc) is 3.12. The molecular weight excluding hydrogens is 543 g/mol. The average molecular weight is 559 g/mol. The van der Waals surface area contributed by atoms with E-state index in [1.54, 1.807) is 25.3 Å². The number of benzene rings is 2. The normalized spacial score (nSPS) is 11.0. The first-order valence-corrected chi connectivity index (χ1v) is 9.86. The molecule has 2 aromatic carbocycles. The van der Waals surface area contributed by atoms with Gasteiger partial charge in [-0.2, -0.15) is 5.10 Å². The van der Waals surface area contributed by atoms with Gasteiger partial charge in [0.05, 0.1) is 36.7 Å². The molecule has 0 atom stereocenters. The van der Waals surface area contributed by atoms with Crippen LogP contribution in [0.3, 0.4) is 0 Å². The second-order valence-corrected chi connectivity index (χ2v) is 7.64. The highest BCUT2D eigenvalue weighted by molar-refractivity contribution is 14.1. The molecule has 0 aliphatic rings. The van der Waals surface area contributed by atoms with Crippen molar-refractivity contribution in [3.05, 3.63) is 49.7 Å². The summed E-state index contributed by atoms with van der Waals surface area (Å²) in [5, 5.41) is 4.83. The second-order valence-electron chi connectivity index (χ2n) is 5.56. The minimum absolute atomic E-state index is 0.164. The quantitative estimate of drug-likeness (QED) is 0.272. The van der Waals surface area contributed by atoms with Crippen molar-refractivity contribution in [2.45, 2.75) is 0 Å². The molecule has 0 spiro atoms. The maximum Gasteiger partial charge on any atom is 0.307 e. The zero-order chi connectivity index (χ0) is 20.3. The molecule has 3 aromatic rings. The van der Waals surface area contributed by atoms with E-state index in [2.05, 4.69) is 49.0 Å². The maximum absolute atomic E-state index is 12.4. The maximum atomic E-state index is 12.4. The van der Waals surface area contributed by atoms with Gasteiger partial charge in [0.25, 0.3) is 0 Å². The van der Waals surface area contributed by atoms with Crippen LogP contribution >= 0.6 is 38.5 Å². The van der Waals surface area contributed by atoms with Gasteiger partial charge in [0.1, 0.15) is 22.8 Å². The summed E-state index contributed by atoms with van der Waals surface area (Å²) < 4.78 is 23.4. The van der Waals surface area contributed by atoms with Crippen molar-refractivity contribution >= 4 is 61.6 Å². The number of furan rings is 1. The lowest BCUT2D eigenvalue weighted by Crippen LogP contribution is -2.16. The van der Waals surface area contributed by atoms with Crippen LogP contribution in [0.2, 0.25) is 0 Å². The van der Waals surface area contributed by atoms with Crippen LogP contribution in [0.5, 0.6) is 17.2 Å². The van der Waals surface area contributed by atoms with Gasteiger partial charge in [-0.15, -0.1) is 0 Å². The van der Waals surface area contributed by atoms with Crippen LogP contribution < -0.4 is 19.6 Å². The number of halogens is 2. The summed E-state index contributed by atoms with van der Waals surface area (Å²) in [6, 6.07) is 8.86. The monoisotopic (exact) mass is 558 g/mol. The highest BCUT2D eigenvalue weighted by Crippen LogP contribution is 2.32. The predicted octanol–water partition coefficient (Wildman–Crippen LogP) is 4.59. The number of nitrogens with zero attached hydrogens (tertiary/aromatic N) is 1. The third-order valence-corrected chi connectivity index (χ3v) is 5.13. The van der Waals surface area contributed by atoms with E-state index in [4.69, 9.17) is 18.6 Å². The summed E-state index contributed by atoms with van der Waals surface area (Å²) in [4.78, 5) is 12.4. The smallest absolute Gasteiger partial charge is 0.307 e. The molecule has 28 heavy (non-hydrogen) atoms. The van der Waals surface area contributed by atoms with Gasteiger partial charge >= 0.3 is 5.91 Å². The van der Waals surface area contributed by atoms with Crippen LogP contribution in [-0.2, 0) is 0 Å². The molecule has 146 valence electrons. The fourth-order valence-electron chi connectivity index (χ4n) is 2.56. The van der Waals surface area contributed by atoms with Crippen LogP contribution in [-0.4, -0.2) is 33.5 Å². The first-order chi connectivity index (χ1) is 13.5. The van der Waals surface area contributed by atoms with E-state index >= 15 is 0 Å². The topological polar surface area (TPSA) is 82.3 Å². The Labute approximate surface area is 183 Å². The van der Waals surface area contributed by atoms with Gasteiger partial charge < -0.3 is 18.6 Å². The predicted molar refractivity (Wildman–Crippen MR) is 118 cm³/mol. The Morgan fingerprint density at radius 3 is 2.39 bits per heavy atom. The molecule has 0 bridgehead atoms. The van der Waals surface area contributed by atoms with Crippen molar-refractivity contribution in [2.24, 2.45) is 5.10 Å². The molecule has 1 aromatic heterocycles. The van der Waals surface area contributed by atoms with Crippen molar-refractivity contribution in [1.82, 2.24) is 5.43 Å². The lowest BCUT2D eigenvalue weighted by molar-refractivity contribution is 0.0929. The molecule has 1 amide bonds. The number of nitrogens with one attached hydrogen (secondary N) is 1. The Kier molecular flexibility index (Phi) is 6.45. The Morgan fingerprint density at radius 2 is 1.79 bits per heavy atom. The number of carbonyl (C=O) groups is 1. The zero-order valence-electron chi connectivity index (χ0n) is 15.2. The Bertz CT molecular complexity index is 1040. The molecule has 9 heteroatoms. The summed E-state index contributed by atoms with van der Waals surface area (Å²) in [6.45, 7) is 0. The first kappa shape index (κ1) is 20.5. The number of fused-ring (bicyclic) bond motifs is 1. The molecule has 0 aliphatic heterocycles. The number of rotatable bonds is 6. The van der Waals surface area contributed by atoms with E-state index in [1.807, 2.05) is 12.1 Å². The van der Waals surface area contributed by atoms with Gasteiger partial charge in [-0.05, 0) is 40.8 Å². The van der Waals surface area contributed by atoms with Gasteiger partial charge in [0.15, 0.2) is 5.76 Å². The van der Waals surface area contributed by atoms with Crippen LogP contribution in [0.4, 0.5) is 0 Å². The van der Waals surface area contributed by atoms with Gasteiger partial charge in [-0.3, -0.25) is 4.79 Å². The standard InChI is InChI=1S/C19H16BrIN2O5/c1-25-12-7-15(26-2)13(16(8-12)27-3)9-22-23-19(24)17-5-10-4-11(20)6-14(21)18(10)28-17/h4-9H,1-3H3,(H,23,24)/b22-9-. The minimum Gasteiger partial charge on any atom is -0.496 e. The van der Waals surface area contributed by atoms with E-state index in [9.17, 15) is 4.79 Å². The summed E-state index contributed by atoms with van der Waals surface area (Å²) in [6.07, 6.45) is 1.44. The Hall–Kier alpha value is -2.27. The summed E-state index contributed by atoms with van der Waals surface area (Å²) in [7, 11) is 4.60. The van der Waals surface area contributed by atoms with Gasteiger partial charge in [0, 0.05) is 22.0 Å².